The van der Waals surface area contributed by atoms with Crippen molar-refractivity contribution in [3.05, 3.63) is 69.7 Å². The van der Waals surface area contributed by atoms with Crippen LogP contribution in [0.3, 0.4) is 0 Å². The molecular weight excluding hydrogens is 293 g/mol. The number of amides is 1. The molecule has 1 unspecified atom stereocenters. The molecule has 0 spiro atoms. The van der Waals surface area contributed by atoms with Crippen LogP contribution >= 0.6 is 23.2 Å². The summed E-state index contributed by atoms with van der Waals surface area (Å²) >= 11 is 11.9. The Morgan fingerprint density at radius 2 is 1.85 bits per heavy atom. The van der Waals surface area contributed by atoms with Gasteiger partial charge in [0.2, 0.25) is 5.91 Å². The van der Waals surface area contributed by atoms with Crippen LogP contribution in [-0.2, 0) is 11.2 Å². The molecule has 0 aromatic heterocycles. The molecule has 0 heterocycles. The molecule has 1 amide bonds. The Hall–Kier alpha value is -1.51. The summed E-state index contributed by atoms with van der Waals surface area (Å²) in [6, 6.07) is 14.9. The first kappa shape index (κ1) is 14.9. The van der Waals surface area contributed by atoms with Crippen LogP contribution in [0.1, 0.15) is 24.1 Å². The molecule has 0 aliphatic heterocycles. The Labute approximate surface area is 128 Å². The zero-order valence-electron chi connectivity index (χ0n) is 11.1. The van der Waals surface area contributed by atoms with E-state index in [0.717, 1.165) is 11.1 Å². The van der Waals surface area contributed by atoms with E-state index in [-0.39, 0.29) is 18.4 Å². The van der Waals surface area contributed by atoms with Crippen LogP contribution in [0.5, 0.6) is 0 Å². The average Bonchev–Trinajstić information content (AvgIpc) is 2.43. The minimum atomic E-state index is -0.0643. The molecule has 2 rings (SSSR count). The van der Waals surface area contributed by atoms with Gasteiger partial charge in [0.25, 0.3) is 0 Å². The van der Waals surface area contributed by atoms with Crippen molar-refractivity contribution in [2.45, 2.75) is 19.4 Å². The van der Waals surface area contributed by atoms with Gasteiger partial charge in [-0.25, -0.2) is 0 Å². The normalized spacial score (nSPS) is 11.9. The first-order valence-electron chi connectivity index (χ1n) is 6.34. The summed E-state index contributed by atoms with van der Waals surface area (Å²) in [7, 11) is 0. The number of benzene rings is 2. The number of hydrogen-bond donors (Lipinski definition) is 1. The van der Waals surface area contributed by atoms with E-state index in [4.69, 9.17) is 23.2 Å². The van der Waals surface area contributed by atoms with E-state index >= 15 is 0 Å². The van der Waals surface area contributed by atoms with Gasteiger partial charge >= 0.3 is 0 Å². The molecule has 1 N–H and O–H groups in total. The highest BCUT2D eigenvalue weighted by atomic mass is 35.5. The Morgan fingerprint density at radius 1 is 1.15 bits per heavy atom. The number of carbonyl (C=O) groups is 1. The first-order chi connectivity index (χ1) is 9.56. The van der Waals surface area contributed by atoms with Crippen molar-refractivity contribution in [3.8, 4) is 0 Å². The van der Waals surface area contributed by atoms with E-state index in [1.165, 1.54) is 0 Å². The van der Waals surface area contributed by atoms with Crippen molar-refractivity contribution in [1.82, 2.24) is 5.32 Å². The van der Waals surface area contributed by atoms with Gasteiger partial charge in [0, 0.05) is 10.0 Å². The number of nitrogens with one attached hydrogen (secondary N) is 1. The fraction of sp³-hybridized carbons (Fsp3) is 0.188. The van der Waals surface area contributed by atoms with E-state index in [2.05, 4.69) is 5.32 Å². The molecule has 2 aromatic rings. The van der Waals surface area contributed by atoms with Gasteiger partial charge in [0.1, 0.15) is 0 Å². The third-order valence-corrected chi connectivity index (χ3v) is 3.63. The van der Waals surface area contributed by atoms with Crippen molar-refractivity contribution in [3.63, 3.8) is 0 Å². The number of hydrogen-bond acceptors (Lipinski definition) is 1. The highest BCUT2D eigenvalue weighted by Crippen LogP contribution is 2.21. The van der Waals surface area contributed by atoms with E-state index in [9.17, 15) is 4.79 Å². The Morgan fingerprint density at radius 3 is 2.50 bits per heavy atom. The lowest BCUT2D eigenvalue weighted by Crippen LogP contribution is -2.28. The molecule has 0 aliphatic carbocycles. The highest BCUT2D eigenvalue weighted by molar-refractivity contribution is 6.35. The molecule has 0 fully saturated rings. The lowest BCUT2D eigenvalue weighted by molar-refractivity contribution is -0.121. The van der Waals surface area contributed by atoms with Crippen molar-refractivity contribution in [2.75, 3.05) is 0 Å². The largest absolute Gasteiger partial charge is 0.349 e. The molecule has 0 saturated carbocycles. The fourth-order valence-electron chi connectivity index (χ4n) is 1.96. The Kier molecular flexibility index (Phi) is 5.05. The van der Waals surface area contributed by atoms with Crippen molar-refractivity contribution in [2.24, 2.45) is 0 Å². The summed E-state index contributed by atoms with van der Waals surface area (Å²) < 4.78 is 0. The summed E-state index contributed by atoms with van der Waals surface area (Å²) in [6.07, 6.45) is 0.243. The monoisotopic (exact) mass is 307 g/mol. The van der Waals surface area contributed by atoms with E-state index in [1.54, 1.807) is 18.2 Å². The predicted octanol–water partition coefficient (Wildman–Crippen LogP) is 4.41. The highest BCUT2D eigenvalue weighted by Gasteiger charge is 2.11. The fourth-order valence-corrected chi connectivity index (χ4v) is 2.43. The summed E-state index contributed by atoms with van der Waals surface area (Å²) in [5, 5.41) is 4.04. The van der Waals surface area contributed by atoms with Crippen LogP contribution in [0.25, 0.3) is 0 Å². The topological polar surface area (TPSA) is 29.1 Å². The van der Waals surface area contributed by atoms with Gasteiger partial charge in [-0.1, -0.05) is 59.6 Å². The van der Waals surface area contributed by atoms with Crippen molar-refractivity contribution in [1.29, 1.82) is 0 Å². The van der Waals surface area contributed by atoms with Gasteiger partial charge in [-0.3, -0.25) is 4.79 Å². The third kappa shape index (κ3) is 3.99. The zero-order chi connectivity index (χ0) is 14.5. The number of halogens is 2. The lowest BCUT2D eigenvalue weighted by Gasteiger charge is -2.14. The quantitative estimate of drug-likeness (QED) is 0.890. The van der Waals surface area contributed by atoms with Crippen LogP contribution in [0.2, 0.25) is 10.0 Å². The van der Waals surface area contributed by atoms with E-state index in [1.807, 2.05) is 37.3 Å². The third-order valence-electron chi connectivity index (χ3n) is 3.04. The molecule has 2 aromatic carbocycles. The maximum absolute atomic E-state index is 12.0. The minimum Gasteiger partial charge on any atom is -0.349 e. The molecule has 1 atom stereocenters. The molecular formula is C16H15Cl2NO. The van der Waals surface area contributed by atoms with Crippen LogP contribution in [-0.4, -0.2) is 5.91 Å². The smallest absolute Gasteiger partial charge is 0.224 e. The van der Waals surface area contributed by atoms with Gasteiger partial charge < -0.3 is 5.32 Å². The standard InChI is InChI=1S/C16H15Cl2NO/c1-11(12-5-3-2-4-6-12)19-16(20)9-13-7-8-14(17)10-15(13)18/h2-8,10-11H,9H2,1H3,(H,19,20). The van der Waals surface area contributed by atoms with Crippen LogP contribution in [0, 0.1) is 0 Å². The van der Waals surface area contributed by atoms with Gasteiger partial charge in [-0.2, -0.15) is 0 Å². The zero-order valence-corrected chi connectivity index (χ0v) is 12.6. The summed E-state index contributed by atoms with van der Waals surface area (Å²) in [5.41, 5.74) is 1.84. The van der Waals surface area contributed by atoms with Crippen molar-refractivity contribution >= 4 is 29.1 Å². The summed E-state index contributed by atoms with van der Waals surface area (Å²) in [4.78, 5) is 12.0. The minimum absolute atomic E-state index is 0.0326. The molecule has 2 nitrogen and oxygen atoms in total. The first-order valence-corrected chi connectivity index (χ1v) is 7.10. The SMILES string of the molecule is CC(NC(=O)Cc1ccc(Cl)cc1Cl)c1ccccc1. The predicted molar refractivity (Wildman–Crippen MR) is 83.2 cm³/mol. The second-order valence-electron chi connectivity index (χ2n) is 4.61. The summed E-state index contributed by atoms with van der Waals surface area (Å²) in [5.74, 6) is -0.0643. The molecule has 0 saturated heterocycles. The van der Waals surface area contributed by atoms with Gasteiger partial charge in [-0.05, 0) is 30.2 Å². The average molecular weight is 308 g/mol. The Bertz CT molecular complexity index is 599. The van der Waals surface area contributed by atoms with Crippen LogP contribution in [0.15, 0.2) is 48.5 Å². The number of carbonyl (C=O) groups excluding carboxylic acids is 1. The lowest BCUT2D eigenvalue weighted by atomic mass is 10.1. The Balaban J connectivity index is 1.99. The summed E-state index contributed by atoms with van der Waals surface area (Å²) in [6.45, 7) is 1.96. The van der Waals surface area contributed by atoms with E-state index < -0.39 is 0 Å². The molecule has 4 heteroatoms. The molecule has 0 bridgehead atoms. The maximum Gasteiger partial charge on any atom is 0.224 e. The maximum atomic E-state index is 12.0. The van der Waals surface area contributed by atoms with Gasteiger partial charge in [0.05, 0.1) is 12.5 Å². The van der Waals surface area contributed by atoms with Crippen LogP contribution < -0.4 is 5.32 Å². The van der Waals surface area contributed by atoms with E-state index in [0.29, 0.717) is 10.0 Å². The van der Waals surface area contributed by atoms with Gasteiger partial charge in [-0.15, -0.1) is 0 Å². The second-order valence-corrected chi connectivity index (χ2v) is 5.46. The molecule has 20 heavy (non-hydrogen) atoms. The van der Waals surface area contributed by atoms with Crippen LogP contribution in [0.4, 0.5) is 0 Å². The van der Waals surface area contributed by atoms with Crippen molar-refractivity contribution < 1.29 is 4.79 Å². The molecule has 104 valence electrons. The van der Waals surface area contributed by atoms with Gasteiger partial charge in [0.15, 0.2) is 0 Å². The molecule has 0 radical (unpaired) electrons. The number of rotatable bonds is 4. The second kappa shape index (κ2) is 6.78. The molecule has 0 aliphatic rings.